The quantitative estimate of drug-likeness (QED) is 0.603. The van der Waals surface area contributed by atoms with Crippen molar-refractivity contribution >= 4 is 12.0 Å². The lowest BCUT2D eigenvalue weighted by atomic mass is 9.90. The van der Waals surface area contributed by atoms with E-state index in [-0.39, 0.29) is 18.7 Å². The molecule has 0 N–H and O–H groups in total. The maximum atomic E-state index is 13.1. The zero-order valence-corrected chi connectivity index (χ0v) is 12.3. The number of nitro groups is 1. The normalized spacial score (nSPS) is 16.0. The number of imide groups is 1. The van der Waals surface area contributed by atoms with Crippen molar-refractivity contribution < 1.29 is 32.4 Å². The van der Waals surface area contributed by atoms with Crippen molar-refractivity contribution in [2.75, 3.05) is 19.7 Å². The molecule has 1 aromatic carbocycles. The molecular weight excluding hydrogens is 333 g/mol. The van der Waals surface area contributed by atoms with Gasteiger partial charge < -0.3 is 4.74 Å². The Morgan fingerprint density at radius 2 is 2.04 bits per heavy atom. The molecule has 1 atom stereocenters. The molecule has 2 amide bonds. The molecule has 0 bridgehead atoms. The van der Waals surface area contributed by atoms with E-state index in [1.165, 1.54) is 6.07 Å². The summed E-state index contributed by atoms with van der Waals surface area (Å²) < 4.78 is 43.9. The van der Waals surface area contributed by atoms with Crippen molar-refractivity contribution in [2.24, 2.45) is 0 Å². The smallest absolute Gasteiger partial charge is 0.416 e. The SMILES string of the molecule is O=C(CC(C[N+](=O)[O-])c1ccccc1C(F)(F)F)N1CCOC1=O. The van der Waals surface area contributed by atoms with Crippen LogP contribution in [0.15, 0.2) is 24.3 Å². The van der Waals surface area contributed by atoms with Crippen LogP contribution in [-0.2, 0) is 15.7 Å². The first-order valence-electron chi connectivity index (χ1n) is 6.95. The molecule has 0 spiro atoms. The van der Waals surface area contributed by atoms with Gasteiger partial charge in [0.05, 0.1) is 18.0 Å². The van der Waals surface area contributed by atoms with Crippen molar-refractivity contribution in [1.82, 2.24) is 4.90 Å². The van der Waals surface area contributed by atoms with E-state index in [1.54, 1.807) is 0 Å². The number of ether oxygens (including phenoxy) is 1. The van der Waals surface area contributed by atoms with Gasteiger partial charge in [-0.3, -0.25) is 14.9 Å². The van der Waals surface area contributed by atoms with Crippen LogP contribution in [0.25, 0.3) is 0 Å². The molecule has 1 heterocycles. The molecule has 1 aliphatic rings. The molecule has 1 fully saturated rings. The predicted molar refractivity (Wildman–Crippen MR) is 73.7 cm³/mol. The third-order valence-corrected chi connectivity index (χ3v) is 3.56. The summed E-state index contributed by atoms with van der Waals surface area (Å²) in [5.74, 6) is -2.11. The van der Waals surface area contributed by atoms with Gasteiger partial charge in [-0.2, -0.15) is 13.2 Å². The van der Waals surface area contributed by atoms with Crippen LogP contribution in [0, 0.1) is 10.1 Å². The Morgan fingerprint density at radius 3 is 2.58 bits per heavy atom. The lowest BCUT2D eigenvalue weighted by Gasteiger charge is -2.20. The third-order valence-electron chi connectivity index (χ3n) is 3.56. The number of halogens is 3. The van der Waals surface area contributed by atoms with E-state index in [4.69, 9.17) is 0 Å². The van der Waals surface area contributed by atoms with Gasteiger partial charge in [0.25, 0.3) is 0 Å². The number of carbonyl (C=O) groups excluding carboxylic acids is 2. The highest BCUT2D eigenvalue weighted by molar-refractivity contribution is 5.93. The molecule has 2 rings (SSSR count). The Kier molecular flexibility index (Phi) is 5.05. The van der Waals surface area contributed by atoms with Crippen molar-refractivity contribution in [3.8, 4) is 0 Å². The monoisotopic (exact) mass is 346 g/mol. The van der Waals surface area contributed by atoms with Crippen LogP contribution < -0.4 is 0 Å². The number of carbonyl (C=O) groups is 2. The maximum Gasteiger partial charge on any atom is 0.416 e. The number of hydrogen-bond acceptors (Lipinski definition) is 5. The lowest BCUT2D eigenvalue weighted by Crippen LogP contribution is -2.34. The van der Waals surface area contributed by atoms with Crippen LogP contribution in [0.2, 0.25) is 0 Å². The van der Waals surface area contributed by atoms with Crippen LogP contribution in [0.1, 0.15) is 23.5 Å². The Morgan fingerprint density at radius 1 is 1.38 bits per heavy atom. The Balaban J connectivity index is 2.31. The number of nitrogens with zero attached hydrogens (tertiary/aromatic N) is 2. The maximum absolute atomic E-state index is 13.1. The van der Waals surface area contributed by atoms with E-state index in [0.717, 1.165) is 23.1 Å². The van der Waals surface area contributed by atoms with Crippen LogP contribution in [-0.4, -0.2) is 41.5 Å². The van der Waals surface area contributed by atoms with E-state index < -0.39 is 47.5 Å². The highest BCUT2D eigenvalue weighted by Crippen LogP contribution is 2.36. The first-order valence-corrected chi connectivity index (χ1v) is 6.95. The first-order chi connectivity index (χ1) is 11.2. The molecule has 1 aromatic rings. The largest absolute Gasteiger partial charge is 0.447 e. The van der Waals surface area contributed by atoms with E-state index in [1.807, 2.05) is 0 Å². The van der Waals surface area contributed by atoms with E-state index in [0.29, 0.717) is 0 Å². The van der Waals surface area contributed by atoms with Crippen molar-refractivity contribution in [1.29, 1.82) is 0 Å². The predicted octanol–water partition coefficient (Wildman–Crippen LogP) is 2.43. The highest BCUT2D eigenvalue weighted by Gasteiger charge is 2.38. The first kappa shape index (κ1) is 17.7. The molecule has 130 valence electrons. The van der Waals surface area contributed by atoms with E-state index in [9.17, 15) is 32.9 Å². The fourth-order valence-electron chi connectivity index (χ4n) is 2.50. The number of cyclic esters (lactones) is 1. The summed E-state index contributed by atoms with van der Waals surface area (Å²) in [6, 6.07) is 4.38. The number of hydrogen-bond donors (Lipinski definition) is 0. The number of rotatable bonds is 5. The minimum absolute atomic E-state index is 0.0103. The minimum Gasteiger partial charge on any atom is -0.447 e. The Bertz CT molecular complexity index is 662. The molecule has 1 saturated heterocycles. The number of amides is 2. The standard InChI is InChI=1S/C14H13F3N2O5/c15-14(16,17)11-4-2-1-3-10(11)9(8-19(22)23)7-12(20)18-5-6-24-13(18)21/h1-4,9H,5-8H2. The molecule has 1 unspecified atom stereocenters. The zero-order valence-electron chi connectivity index (χ0n) is 12.3. The fraction of sp³-hybridized carbons (Fsp3) is 0.429. The van der Waals surface area contributed by atoms with Gasteiger partial charge in [0.1, 0.15) is 6.61 Å². The van der Waals surface area contributed by atoms with Gasteiger partial charge in [-0.1, -0.05) is 18.2 Å². The third kappa shape index (κ3) is 4.00. The molecule has 10 heteroatoms. The average Bonchev–Trinajstić information content (AvgIpc) is 2.91. The highest BCUT2D eigenvalue weighted by atomic mass is 19.4. The van der Waals surface area contributed by atoms with Crippen LogP contribution in [0.3, 0.4) is 0 Å². The molecule has 24 heavy (non-hydrogen) atoms. The number of benzene rings is 1. The second kappa shape index (κ2) is 6.85. The molecule has 0 radical (unpaired) electrons. The van der Waals surface area contributed by atoms with Gasteiger partial charge in [0.15, 0.2) is 0 Å². The molecule has 0 saturated carbocycles. The zero-order chi connectivity index (χ0) is 17.9. The van der Waals surface area contributed by atoms with Crippen LogP contribution >= 0.6 is 0 Å². The van der Waals surface area contributed by atoms with E-state index >= 15 is 0 Å². The lowest BCUT2D eigenvalue weighted by molar-refractivity contribution is -0.483. The molecule has 0 aliphatic carbocycles. The van der Waals surface area contributed by atoms with Gasteiger partial charge in [-0.25, -0.2) is 9.69 Å². The second-order valence-electron chi connectivity index (χ2n) is 5.16. The van der Waals surface area contributed by atoms with E-state index in [2.05, 4.69) is 4.74 Å². The van der Waals surface area contributed by atoms with Gasteiger partial charge in [-0.15, -0.1) is 0 Å². The second-order valence-corrected chi connectivity index (χ2v) is 5.16. The van der Waals surface area contributed by atoms with Gasteiger partial charge in [-0.05, 0) is 11.6 Å². The summed E-state index contributed by atoms with van der Waals surface area (Å²) in [4.78, 5) is 34.2. The van der Waals surface area contributed by atoms with Crippen LogP contribution in [0.5, 0.6) is 0 Å². The minimum atomic E-state index is -4.71. The van der Waals surface area contributed by atoms with Crippen molar-refractivity contribution in [3.63, 3.8) is 0 Å². The summed E-state index contributed by atoms with van der Waals surface area (Å²) in [6.07, 6.45) is -6.20. The molecule has 1 aliphatic heterocycles. The summed E-state index contributed by atoms with van der Waals surface area (Å²) >= 11 is 0. The Labute approximate surface area is 134 Å². The van der Waals surface area contributed by atoms with Crippen LogP contribution in [0.4, 0.5) is 18.0 Å². The summed E-state index contributed by atoms with van der Waals surface area (Å²) in [7, 11) is 0. The van der Waals surface area contributed by atoms with Crippen molar-refractivity contribution in [3.05, 3.63) is 45.5 Å². The topological polar surface area (TPSA) is 89.8 Å². The summed E-state index contributed by atoms with van der Waals surface area (Å²) in [5.41, 5.74) is -1.38. The van der Waals surface area contributed by atoms with Gasteiger partial charge in [0, 0.05) is 11.3 Å². The molecular formula is C14H13F3N2O5. The number of alkyl halides is 3. The summed E-state index contributed by atoms with van der Waals surface area (Å²) in [5, 5.41) is 10.8. The summed E-state index contributed by atoms with van der Waals surface area (Å²) in [6.45, 7) is -0.894. The fourth-order valence-corrected chi connectivity index (χ4v) is 2.50. The molecule has 7 nitrogen and oxygen atoms in total. The van der Waals surface area contributed by atoms with Gasteiger partial charge >= 0.3 is 12.3 Å². The average molecular weight is 346 g/mol. The Hall–Kier alpha value is -2.65. The van der Waals surface area contributed by atoms with Gasteiger partial charge in [0.2, 0.25) is 12.5 Å². The van der Waals surface area contributed by atoms with Crippen molar-refractivity contribution in [2.45, 2.75) is 18.5 Å². The molecule has 0 aromatic heterocycles.